The molecule has 1 aromatic rings. The number of carbonyl (C=O) groups excluding carboxylic acids is 1. The van der Waals surface area contributed by atoms with Crippen molar-refractivity contribution in [3.8, 4) is 11.5 Å². The van der Waals surface area contributed by atoms with E-state index < -0.39 is 70.3 Å². The van der Waals surface area contributed by atoms with Crippen molar-refractivity contribution in [3.63, 3.8) is 0 Å². The average Bonchev–Trinajstić information content (AvgIpc) is 3.61. The van der Waals surface area contributed by atoms with Gasteiger partial charge < -0.3 is 40.5 Å². The van der Waals surface area contributed by atoms with Gasteiger partial charge in [-0.3, -0.25) is 4.79 Å². The maximum Gasteiger partial charge on any atom is 0.160 e. The van der Waals surface area contributed by atoms with E-state index in [1.165, 1.54) is 12.1 Å². The van der Waals surface area contributed by atoms with E-state index in [1.807, 2.05) is 34.6 Å². The van der Waals surface area contributed by atoms with E-state index in [-0.39, 0.29) is 53.3 Å². The number of benzene rings is 1. The van der Waals surface area contributed by atoms with E-state index in [2.05, 4.69) is 0 Å². The van der Waals surface area contributed by atoms with Crippen molar-refractivity contribution < 1.29 is 45.3 Å². The number of aliphatic hydroxyl groups excluding tert-OH is 3. The Labute approximate surface area is 277 Å². The first kappa shape index (κ1) is 33.5. The van der Waals surface area contributed by atoms with Crippen molar-refractivity contribution in [2.45, 2.75) is 134 Å². The second kappa shape index (κ2) is 10.5. The minimum absolute atomic E-state index is 0.110. The minimum Gasteiger partial charge on any atom is -0.504 e. The fourth-order valence-corrected chi connectivity index (χ4v) is 12.7. The zero-order valence-electron chi connectivity index (χ0n) is 28.6. The molecule has 1 saturated heterocycles. The molecule has 0 amide bonds. The number of phenols is 2. The van der Waals surface area contributed by atoms with Crippen LogP contribution in [-0.4, -0.2) is 83.3 Å². The van der Waals surface area contributed by atoms with Crippen LogP contribution < -0.4 is 0 Å². The molecule has 0 bridgehead atoms. The number of hydrogen-bond acceptors (Lipinski definition) is 9. The number of carbonyl (C=O) groups is 1. The second-order valence-electron chi connectivity index (χ2n) is 17.6. The second-order valence-corrected chi connectivity index (χ2v) is 17.6. The topological polar surface area (TPSA) is 168 Å². The number of hydrogen-bond donors (Lipinski definition) is 7. The van der Waals surface area contributed by atoms with Crippen LogP contribution in [0.2, 0.25) is 0 Å². The number of allylic oxidation sites excluding steroid dienone is 1. The molecule has 0 unspecified atom stereocenters. The lowest BCUT2D eigenvalue weighted by Crippen LogP contribution is -2.68. The third-order valence-corrected chi connectivity index (χ3v) is 14.8. The zero-order chi connectivity index (χ0) is 34.2. The molecule has 9 nitrogen and oxygen atoms in total. The van der Waals surface area contributed by atoms with Gasteiger partial charge >= 0.3 is 0 Å². The molecule has 5 aliphatic carbocycles. The van der Waals surface area contributed by atoms with Crippen LogP contribution in [0, 0.1) is 45.8 Å². The highest BCUT2D eigenvalue weighted by Gasteiger charge is 2.79. The number of aromatic hydroxyl groups is 2. The molecular formula is C38H54O9. The van der Waals surface area contributed by atoms with Gasteiger partial charge in [-0.15, -0.1) is 0 Å². The van der Waals surface area contributed by atoms with Gasteiger partial charge in [0.2, 0.25) is 0 Å². The Hall–Kier alpha value is -2.01. The number of fused-ring (bicyclic) bond motifs is 8. The molecule has 0 radical (unpaired) electrons. The lowest BCUT2D eigenvalue weighted by molar-refractivity contribution is -0.203. The molecule has 47 heavy (non-hydrogen) atoms. The van der Waals surface area contributed by atoms with Crippen LogP contribution in [0.15, 0.2) is 29.8 Å². The number of aliphatic hydroxyl groups is 5. The largest absolute Gasteiger partial charge is 0.504 e. The lowest BCUT2D eigenvalue weighted by Gasteiger charge is -2.67. The first-order chi connectivity index (χ1) is 21.8. The molecule has 1 aromatic carbocycles. The molecule has 5 fully saturated rings. The molecule has 14 atom stereocenters. The van der Waals surface area contributed by atoms with Gasteiger partial charge in [-0.05, 0) is 90.5 Å². The molecule has 9 heteroatoms. The van der Waals surface area contributed by atoms with Gasteiger partial charge in [-0.2, -0.15) is 0 Å². The van der Waals surface area contributed by atoms with Crippen molar-refractivity contribution >= 4 is 5.78 Å². The summed E-state index contributed by atoms with van der Waals surface area (Å²) < 4.78 is 6.58. The Morgan fingerprint density at radius 2 is 1.62 bits per heavy atom. The molecule has 1 spiro atoms. The number of rotatable bonds is 4. The van der Waals surface area contributed by atoms with E-state index in [0.29, 0.717) is 17.6 Å². The van der Waals surface area contributed by atoms with Gasteiger partial charge in [-0.25, -0.2) is 0 Å². The normalized spacial score (nSPS) is 48.1. The summed E-state index contributed by atoms with van der Waals surface area (Å²) in [6, 6.07) is 4.30. The van der Waals surface area contributed by atoms with Crippen molar-refractivity contribution in [1.29, 1.82) is 0 Å². The summed E-state index contributed by atoms with van der Waals surface area (Å²) in [6.45, 7) is 11.9. The molecule has 1 aliphatic heterocycles. The zero-order valence-corrected chi connectivity index (χ0v) is 28.6. The highest BCUT2D eigenvalue weighted by Crippen LogP contribution is 2.77. The SMILES string of the molecule is CC(C)[C@H](C)[C@H](O)[C@@H]1O[C@H]2C[C@@]3(O)C4=CC(=O)[C@@H]5[C@H](c6ccc(O)c(O)c6)[C@@H](O)[C@@H](O)C[C@]5(C)[C@H]4C4(CCCC4)C[C@]3(C)[C@H]2[C@@]1(C)O. The molecule has 0 aromatic heterocycles. The Morgan fingerprint density at radius 1 is 0.957 bits per heavy atom. The maximum absolute atomic E-state index is 14.6. The van der Waals surface area contributed by atoms with Crippen molar-refractivity contribution in [3.05, 3.63) is 35.4 Å². The summed E-state index contributed by atoms with van der Waals surface area (Å²) in [5.74, 6) is -3.16. The Kier molecular flexibility index (Phi) is 7.48. The van der Waals surface area contributed by atoms with Crippen molar-refractivity contribution in [2.75, 3.05) is 0 Å². The summed E-state index contributed by atoms with van der Waals surface area (Å²) in [7, 11) is 0. The van der Waals surface area contributed by atoms with Crippen LogP contribution in [0.3, 0.4) is 0 Å². The third-order valence-electron chi connectivity index (χ3n) is 14.8. The summed E-state index contributed by atoms with van der Waals surface area (Å²) in [4.78, 5) is 14.6. The summed E-state index contributed by atoms with van der Waals surface area (Å²) in [5, 5.41) is 80.2. The van der Waals surface area contributed by atoms with Crippen molar-refractivity contribution in [1.82, 2.24) is 0 Å². The minimum atomic E-state index is -1.47. The standard InChI is InChI=1S/C38H54O9/c1-18(2)19(3)29(43)33-36(6,45)32-26(47-33)16-38(46)21-14-24(41)28-27(20-9-10-22(39)23(40)13-20)30(44)25(42)15-34(28,4)31(21)37(11-7-8-12-37)17-35(32,38)5/h9-10,13-14,18-19,25-33,39-40,42-46H,7-8,11-12,15-17H2,1-6H3/t19-,25-,26-,27-,28+,29-,30-,31-,32-,33-,34-,35+,36+,38+/m0/s1. The van der Waals surface area contributed by atoms with E-state index in [4.69, 9.17) is 4.74 Å². The van der Waals surface area contributed by atoms with Crippen LogP contribution in [0.4, 0.5) is 0 Å². The summed E-state index contributed by atoms with van der Waals surface area (Å²) in [5.41, 5.74) is -3.81. The predicted molar refractivity (Wildman–Crippen MR) is 173 cm³/mol. The highest BCUT2D eigenvalue weighted by atomic mass is 16.5. The Bertz CT molecular complexity index is 1480. The van der Waals surface area contributed by atoms with E-state index in [1.54, 1.807) is 19.1 Å². The van der Waals surface area contributed by atoms with Crippen LogP contribution in [0.1, 0.15) is 98.0 Å². The van der Waals surface area contributed by atoms with Crippen LogP contribution in [0.25, 0.3) is 0 Å². The van der Waals surface area contributed by atoms with E-state index in [9.17, 15) is 40.5 Å². The van der Waals surface area contributed by atoms with E-state index in [0.717, 1.165) is 25.7 Å². The van der Waals surface area contributed by atoms with Crippen LogP contribution >= 0.6 is 0 Å². The van der Waals surface area contributed by atoms with Crippen LogP contribution in [0.5, 0.6) is 11.5 Å². The maximum atomic E-state index is 14.6. The van der Waals surface area contributed by atoms with Gasteiger partial charge in [0.1, 0.15) is 6.10 Å². The smallest absolute Gasteiger partial charge is 0.160 e. The summed E-state index contributed by atoms with van der Waals surface area (Å²) in [6.07, 6.45) is 1.67. The molecule has 7 rings (SSSR count). The number of ketones is 1. The van der Waals surface area contributed by atoms with Crippen LogP contribution in [-0.2, 0) is 9.53 Å². The first-order valence-electron chi connectivity index (χ1n) is 17.8. The van der Waals surface area contributed by atoms with Gasteiger partial charge in [0.05, 0.1) is 35.6 Å². The Balaban J connectivity index is 1.37. The predicted octanol–water partition coefficient (Wildman–Crippen LogP) is 3.95. The molecule has 260 valence electrons. The number of ether oxygens (including phenoxy) is 1. The first-order valence-corrected chi connectivity index (χ1v) is 17.8. The monoisotopic (exact) mass is 654 g/mol. The number of phenolic OH excluding ortho intramolecular Hbond substituents is 2. The van der Waals surface area contributed by atoms with Gasteiger partial charge in [0.25, 0.3) is 0 Å². The molecule has 1 heterocycles. The van der Waals surface area contributed by atoms with Gasteiger partial charge in [0, 0.05) is 29.6 Å². The molecule has 4 saturated carbocycles. The lowest BCUT2D eigenvalue weighted by atomic mass is 9.37. The molecule has 6 aliphatic rings. The summed E-state index contributed by atoms with van der Waals surface area (Å²) >= 11 is 0. The fourth-order valence-electron chi connectivity index (χ4n) is 12.7. The van der Waals surface area contributed by atoms with Gasteiger partial charge in [0.15, 0.2) is 17.3 Å². The fraction of sp³-hybridized carbons (Fsp3) is 0.763. The highest BCUT2D eigenvalue weighted by molar-refractivity contribution is 5.96. The van der Waals surface area contributed by atoms with Gasteiger partial charge in [-0.1, -0.05) is 53.5 Å². The molecule has 7 N–H and O–H groups in total. The van der Waals surface area contributed by atoms with Crippen molar-refractivity contribution in [2.24, 2.45) is 45.8 Å². The molecular weight excluding hydrogens is 600 g/mol. The Morgan fingerprint density at radius 3 is 2.23 bits per heavy atom. The quantitative estimate of drug-likeness (QED) is 0.238. The van der Waals surface area contributed by atoms with E-state index >= 15 is 0 Å². The average molecular weight is 655 g/mol. The third kappa shape index (κ3) is 4.26.